The zero-order valence-electron chi connectivity index (χ0n) is 16.6. The third kappa shape index (κ3) is 7.72. The van der Waals surface area contributed by atoms with E-state index in [0.29, 0.717) is 38.5 Å². The summed E-state index contributed by atoms with van der Waals surface area (Å²) in [6.45, 7) is 0.788. The van der Waals surface area contributed by atoms with E-state index in [9.17, 15) is 14.4 Å². The van der Waals surface area contributed by atoms with Gasteiger partial charge >= 0.3 is 17.1 Å². The average molecular weight is 420 g/mol. The molecule has 162 valence electrons. The Morgan fingerprint density at radius 2 is 0.800 bits per heavy atom. The van der Waals surface area contributed by atoms with Crippen molar-refractivity contribution in [3.8, 4) is 18.8 Å². The summed E-state index contributed by atoms with van der Waals surface area (Å²) in [6, 6.07) is 0. The lowest BCUT2D eigenvalue weighted by Gasteiger charge is -2.14. The predicted molar refractivity (Wildman–Crippen MR) is 102 cm³/mol. The molecule has 0 amide bonds. The molecule has 0 spiro atoms. The normalized spacial score (nSPS) is 9.90. The highest BCUT2D eigenvalue weighted by Gasteiger charge is 2.15. The monoisotopic (exact) mass is 420 g/mol. The first-order valence-corrected chi connectivity index (χ1v) is 9.55. The number of rotatable bonds is 15. The number of ether oxygens (including phenoxy) is 3. The topological polar surface area (TPSA) is 165 Å². The van der Waals surface area contributed by atoms with E-state index in [4.69, 9.17) is 15.8 Å². The van der Waals surface area contributed by atoms with Crippen LogP contribution < -0.4 is 17.1 Å². The first-order valence-electron chi connectivity index (χ1n) is 9.55. The second kappa shape index (κ2) is 14.3. The fraction of sp³-hybridized carbons (Fsp3) is 0.667. The van der Waals surface area contributed by atoms with Crippen molar-refractivity contribution in [2.45, 2.75) is 58.2 Å². The minimum Gasteiger partial charge on any atom is -0.428 e. The van der Waals surface area contributed by atoms with Gasteiger partial charge in [0, 0.05) is 19.6 Å². The van der Waals surface area contributed by atoms with E-state index in [2.05, 4.69) is 14.2 Å². The van der Waals surface area contributed by atoms with Crippen molar-refractivity contribution >= 4 is 0 Å². The molecule has 30 heavy (non-hydrogen) atoms. The number of nitrogens with zero attached hydrogens (tertiary/aromatic N) is 6. The summed E-state index contributed by atoms with van der Waals surface area (Å²) in [5, 5.41) is 25.1. The lowest BCUT2D eigenvalue weighted by molar-refractivity contribution is 0.253. The molecule has 1 aromatic rings. The van der Waals surface area contributed by atoms with Gasteiger partial charge in [0.05, 0.1) is 0 Å². The maximum atomic E-state index is 12.7. The van der Waals surface area contributed by atoms with Crippen LogP contribution in [0.4, 0.5) is 0 Å². The maximum Gasteiger partial charge on any atom is 0.336 e. The zero-order valence-corrected chi connectivity index (χ0v) is 16.6. The summed E-state index contributed by atoms with van der Waals surface area (Å²) in [4.78, 5) is 38.1. The van der Waals surface area contributed by atoms with Gasteiger partial charge in [-0.1, -0.05) is 0 Å². The molecule has 0 aliphatic heterocycles. The van der Waals surface area contributed by atoms with Crippen molar-refractivity contribution in [1.29, 1.82) is 15.8 Å². The molecule has 0 fully saturated rings. The van der Waals surface area contributed by atoms with Gasteiger partial charge < -0.3 is 14.2 Å². The molecule has 12 nitrogen and oxygen atoms in total. The second-order valence-corrected chi connectivity index (χ2v) is 6.24. The fourth-order valence-electron chi connectivity index (χ4n) is 2.73. The third-order valence-electron chi connectivity index (χ3n) is 4.21. The Bertz CT molecular complexity index is 804. The molecule has 1 heterocycles. The fourth-order valence-corrected chi connectivity index (χ4v) is 2.73. The summed E-state index contributed by atoms with van der Waals surface area (Å²) in [6.07, 6.45) is 7.31. The Kier molecular flexibility index (Phi) is 11.6. The molecule has 0 aromatic carbocycles. The van der Waals surface area contributed by atoms with Gasteiger partial charge in [-0.25, -0.2) is 28.1 Å². The molecule has 12 heteroatoms. The molecule has 0 radical (unpaired) electrons. The molecular formula is C18H24N6O6. The zero-order chi connectivity index (χ0) is 22.2. The predicted octanol–water partition coefficient (Wildman–Crippen LogP) is 0.00534. The SMILES string of the molecule is N#COCCCCn1c(=O)n(CCCCOC#N)c(=O)n(CCCCOC#N)c1=O. The van der Waals surface area contributed by atoms with Gasteiger partial charge in [0.25, 0.3) is 18.8 Å². The van der Waals surface area contributed by atoms with Gasteiger partial charge in [-0.05, 0) is 38.5 Å². The highest BCUT2D eigenvalue weighted by molar-refractivity contribution is 4.79. The van der Waals surface area contributed by atoms with Crippen LogP contribution in [0.15, 0.2) is 14.4 Å². The molecule has 0 bridgehead atoms. The van der Waals surface area contributed by atoms with Crippen LogP contribution in [0.5, 0.6) is 0 Å². The molecule has 1 rings (SSSR count). The van der Waals surface area contributed by atoms with Gasteiger partial charge in [-0.3, -0.25) is 0 Å². The van der Waals surface area contributed by atoms with Gasteiger partial charge in [-0.2, -0.15) is 15.8 Å². The summed E-state index contributed by atoms with van der Waals surface area (Å²) in [7, 11) is 0. The van der Waals surface area contributed by atoms with Crippen molar-refractivity contribution in [3.63, 3.8) is 0 Å². The molecule has 1 aromatic heterocycles. The van der Waals surface area contributed by atoms with E-state index >= 15 is 0 Å². The van der Waals surface area contributed by atoms with E-state index in [1.807, 2.05) is 0 Å². The van der Waals surface area contributed by atoms with E-state index in [-0.39, 0.29) is 39.5 Å². The van der Waals surface area contributed by atoms with Crippen molar-refractivity contribution in [3.05, 3.63) is 31.5 Å². The van der Waals surface area contributed by atoms with Crippen LogP contribution in [-0.4, -0.2) is 33.5 Å². The van der Waals surface area contributed by atoms with E-state index in [0.717, 1.165) is 13.7 Å². The molecule has 0 aliphatic rings. The first-order chi connectivity index (χ1) is 14.6. The van der Waals surface area contributed by atoms with Crippen LogP contribution in [-0.2, 0) is 33.8 Å². The standard InChI is InChI=1S/C18H24N6O6/c19-13-28-10-4-1-7-22-16(25)23(8-2-5-11-29-14-20)18(27)24(17(22)26)9-3-6-12-30-15-21/h1-12H2. The molecule has 0 unspecified atom stereocenters. The highest BCUT2D eigenvalue weighted by Crippen LogP contribution is 1.95. The lowest BCUT2D eigenvalue weighted by Crippen LogP contribution is -2.54. The summed E-state index contributed by atoms with van der Waals surface area (Å²) >= 11 is 0. The Hall–Kier alpha value is -3.72. The molecule has 0 saturated heterocycles. The lowest BCUT2D eigenvalue weighted by atomic mass is 10.3. The summed E-state index contributed by atoms with van der Waals surface area (Å²) in [5.74, 6) is 0. The number of nitriles is 3. The maximum absolute atomic E-state index is 12.7. The quantitative estimate of drug-likeness (QED) is 0.280. The first kappa shape index (κ1) is 24.3. The second-order valence-electron chi connectivity index (χ2n) is 6.24. The number of aromatic nitrogens is 3. The van der Waals surface area contributed by atoms with Gasteiger partial charge in [0.1, 0.15) is 19.8 Å². The largest absolute Gasteiger partial charge is 0.428 e. The van der Waals surface area contributed by atoms with E-state index in [1.165, 1.54) is 0 Å². The Morgan fingerprint density at radius 1 is 0.533 bits per heavy atom. The van der Waals surface area contributed by atoms with Gasteiger partial charge in [-0.15, -0.1) is 0 Å². The molecule has 0 saturated carbocycles. The van der Waals surface area contributed by atoms with Gasteiger partial charge in [0.15, 0.2) is 0 Å². The van der Waals surface area contributed by atoms with Crippen LogP contribution >= 0.6 is 0 Å². The van der Waals surface area contributed by atoms with Crippen molar-refractivity contribution in [2.75, 3.05) is 19.8 Å². The van der Waals surface area contributed by atoms with Crippen molar-refractivity contribution in [1.82, 2.24) is 13.7 Å². The third-order valence-corrected chi connectivity index (χ3v) is 4.21. The molecular weight excluding hydrogens is 396 g/mol. The van der Waals surface area contributed by atoms with E-state index < -0.39 is 17.1 Å². The number of unbranched alkanes of at least 4 members (excludes halogenated alkanes) is 3. The smallest absolute Gasteiger partial charge is 0.336 e. The van der Waals surface area contributed by atoms with Crippen LogP contribution in [0.1, 0.15) is 38.5 Å². The molecule has 0 N–H and O–H groups in total. The molecule has 0 aliphatic carbocycles. The van der Waals surface area contributed by atoms with Crippen LogP contribution in [0.25, 0.3) is 0 Å². The molecule has 0 atom stereocenters. The Balaban J connectivity index is 3.03. The van der Waals surface area contributed by atoms with Crippen LogP contribution in [0, 0.1) is 34.6 Å². The van der Waals surface area contributed by atoms with Gasteiger partial charge in [0.2, 0.25) is 0 Å². The Morgan fingerprint density at radius 3 is 1.03 bits per heavy atom. The average Bonchev–Trinajstić information content (AvgIpc) is 2.74. The summed E-state index contributed by atoms with van der Waals surface area (Å²) < 4.78 is 16.8. The highest BCUT2D eigenvalue weighted by atomic mass is 16.5. The Labute approximate surface area is 172 Å². The van der Waals surface area contributed by atoms with E-state index in [1.54, 1.807) is 18.8 Å². The van der Waals surface area contributed by atoms with Crippen LogP contribution in [0.2, 0.25) is 0 Å². The van der Waals surface area contributed by atoms with Crippen molar-refractivity contribution < 1.29 is 14.2 Å². The van der Waals surface area contributed by atoms with Crippen LogP contribution in [0.3, 0.4) is 0 Å². The van der Waals surface area contributed by atoms with Crippen molar-refractivity contribution in [2.24, 2.45) is 0 Å². The minimum atomic E-state index is -0.698. The minimum absolute atomic E-state index is 0.0851. The number of hydrogen-bond donors (Lipinski definition) is 0. The number of hydrogen-bond acceptors (Lipinski definition) is 9. The summed E-state index contributed by atoms with van der Waals surface area (Å²) in [5.41, 5.74) is -2.09.